The maximum atomic E-state index is 14.8. The number of aromatic nitrogens is 2. The minimum atomic E-state index is -0.683. The second-order valence-corrected chi connectivity index (χ2v) is 12.9. The van der Waals surface area contributed by atoms with Crippen molar-refractivity contribution in [3.05, 3.63) is 87.0 Å². The van der Waals surface area contributed by atoms with Gasteiger partial charge in [0.15, 0.2) is 0 Å². The summed E-state index contributed by atoms with van der Waals surface area (Å²) in [6.07, 6.45) is 1.84. The van der Waals surface area contributed by atoms with E-state index in [9.17, 15) is 28.4 Å². The Morgan fingerprint density at radius 2 is 1.94 bits per heavy atom. The minimum Gasteiger partial charge on any atom is -0.457 e. The predicted molar refractivity (Wildman–Crippen MR) is 178 cm³/mol. The Kier molecular flexibility index (Phi) is 10.0. The molecular formula is C34H35FN6O7S. The number of rotatable bonds is 5. The van der Waals surface area contributed by atoms with Crippen LogP contribution in [0.3, 0.4) is 0 Å². The van der Waals surface area contributed by atoms with Gasteiger partial charge in [-0.1, -0.05) is 6.92 Å². The molecule has 6 rings (SSSR count). The van der Waals surface area contributed by atoms with Crippen LogP contribution in [0.2, 0.25) is 0 Å². The van der Waals surface area contributed by atoms with Crippen LogP contribution in [-0.2, 0) is 27.5 Å². The first-order valence-corrected chi connectivity index (χ1v) is 16.7. The molecule has 0 saturated carbocycles. The molecule has 2 aromatic carbocycles. The Morgan fingerprint density at radius 1 is 1.12 bits per heavy atom. The van der Waals surface area contributed by atoms with Crippen LogP contribution in [0.5, 0.6) is 11.5 Å². The average molecular weight is 691 g/mol. The molecule has 0 radical (unpaired) electrons. The maximum absolute atomic E-state index is 14.8. The van der Waals surface area contributed by atoms with Gasteiger partial charge >= 0.3 is 0 Å². The van der Waals surface area contributed by atoms with Crippen molar-refractivity contribution in [2.75, 3.05) is 33.2 Å². The Bertz CT molecular complexity index is 1980. The summed E-state index contributed by atoms with van der Waals surface area (Å²) in [6, 6.07) is 9.45. The van der Waals surface area contributed by atoms with Crippen molar-refractivity contribution in [2.24, 2.45) is 0 Å². The lowest BCUT2D eigenvalue weighted by Crippen LogP contribution is -2.58. The first kappa shape index (κ1) is 33.7. The normalized spacial score (nSPS) is 18.4. The van der Waals surface area contributed by atoms with Gasteiger partial charge in [-0.05, 0) is 60.2 Å². The summed E-state index contributed by atoms with van der Waals surface area (Å²) < 4.78 is 28.7. The summed E-state index contributed by atoms with van der Waals surface area (Å²) in [5.41, 5.74) is 0.969. The lowest BCUT2D eigenvalue weighted by Gasteiger charge is -2.39. The molecule has 4 amide bonds. The molecule has 49 heavy (non-hydrogen) atoms. The molecule has 4 heterocycles. The van der Waals surface area contributed by atoms with Gasteiger partial charge in [-0.15, -0.1) is 11.3 Å². The van der Waals surface area contributed by atoms with Gasteiger partial charge in [-0.3, -0.25) is 28.5 Å². The van der Waals surface area contributed by atoms with E-state index < -0.39 is 35.7 Å². The Labute approximate surface area is 284 Å². The molecule has 2 aromatic heterocycles. The molecule has 4 aromatic rings. The number of carbonyl (C=O) groups is 4. The van der Waals surface area contributed by atoms with Crippen LogP contribution in [0.4, 0.5) is 4.39 Å². The number of benzene rings is 2. The zero-order valence-electron chi connectivity index (χ0n) is 26.9. The summed E-state index contributed by atoms with van der Waals surface area (Å²) >= 11 is 1.25. The topological polar surface area (TPSA) is 152 Å². The third kappa shape index (κ3) is 7.78. The second-order valence-electron chi connectivity index (χ2n) is 12.0. The van der Waals surface area contributed by atoms with E-state index >= 15 is 0 Å². The van der Waals surface area contributed by atoms with E-state index in [1.807, 2.05) is 6.92 Å². The van der Waals surface area contributed by atoms with Crippen molar-refractivity contribution in [3.63, 3.8) is 0 Å². The zero-order chi connectivity index (χ0) is 34.7. The van der Waals surface area contributed by atoms with Gasteiger partial charge in [0.1, 0.15) is 28.6 Å². The van der Waals surface area contributed by atoms with Crippen molar-refractivity contribution < 1.29 is 33.0 Å². The Hall–Kier alpha value is -5.15. The van der Waals surface area contributed by atoms with E-state index in [0.29, 0.717) is 35.2 Å². The molecule has 4 bridgehead atoms. The van der Waals surface area contributed by atoms with Crippen molar-refractivity contribution in [2.45, 2.75) is 45.1 Å². The molecule has 2 N–H and O–H groups in total. The van der Waals surface area contributed by atoms with Gasteiger partial charge in [0.25, 0.3) is 17.4 Å². The fraction of sp³-hybridized carbons (Fsp3) is 0.353. The number of likely N-dealkylation sites (tertiary alicyclic amines) is 1. The van der Waals surface area contributed by atoms with Crippen molar-refractivity contribution in [1.29, 1.82) is 0 Å². The molecule has 0 spiro atoms. The van der Waals surface area contributed by atoms with Crippen LogP contribution in [-0.4, -0.2) is 88.4 Å². The van der Waals surface area contributed by atoms with Gasteiger partial charge in [0.05, 0.1) is 37.1 Å². The summed E-state index contributed by atoms with van der Waals surface area (Å²) in [4.78, 5) is 73.1. The van der Waals surface area contributed by atoms with E-state index in [1.54, 1.807) is 22.4 Å². The number of piperidine rings is 1. The Morgan fingerprint density at radius 3 is 2.76 bits per heavy atom. The quantitative estimate of drug-likeness (QED) is 0.325. The molecule has 0 unspecified atom stereocenters. The highest BCUT2D eigenvalue weighted by atomic mass is 32.1. The number of ether oxygens (including phenoxy) is 2. The van der Waals surface area contributed by atoms with Crippen molar-refractivity contribution >= 4 is 45.2 Å². The van der Waals surface area contributed by atoms with E-state index in [2.05, 4.69) is 15.6 Å². The largest absolute Gasteiger partial charge is 0.457 e. The van der Waals surface area contributed by atoms with Crippen LogP contribution in [0.1, 0.15) is 46.0 Å². The van der Waals surface area contributed by atoms with E-state index in [0.717, 1.165) is 0 Å². The lowest BCUT2D eigenvalue weighted by atomic mass is 10.0. The first-order chi connectivity index (χ1) is 23.6. The smallest absolute Gasteiger partial charge is 0.271 e. The van der Waals surface area contributed by atoms with Crippen LogP contribution < -0.4 is 20.9 Å². The molecule has 13 nitrogen and oxygen atoms in total. The first-order valence-electron chi connectivity index (χ1n) is 15.9. The molecule has 2 atom stereocenters. The standard InChI is InChI=1S/C34H35FN6O7S/c1-3-6-36-32(44)21-11-22-13-25(12-21)48-24-10-20(9-23(35)14-24)18-47-28-4-7-40(15-27(28)38-29(42)16-39(2)33(22)45)30(43)17-41-19-37-26-5-8-49-31(26)34(41)46/h5,8-14,19,27-28H,3-4,6-7,15-18H2,1-2H3,(H,36,44)(H,38,42)/t27-,28+/m1/s1. The molecule has 256 valence electrons. The fourth-order valence-electron chi connectivity index (χ4n) is 5.85. The van der Waals surface area contributed by atoms with E-state index in [-0.39, 0.29) is 66.9 Å². The summed E-state index contributed by atoms with van der Waals surface area (Å²) in [5.74, 6) is -2.11. The summed E-state index contributed by atoms with van der Waals surface area (Å²) in [6.45, 7) is 2.12. The highest BCUT2D eigenvalue weighted by Crippen LogP contribution is 2.28. The highest BCUT2D eigenvalue weighted by molar-refractivity contribution is 7.17. The number of fused-ring (bicyclic) bond motifs is 6. The third-order valence-corrected chi connectivity index (χ3v) is 9.19. The number of likely N-dealkylation sites (N-methyl/N-ethyl adjacent to an activating group) is 1. The zero-order valence-corrected chi connectivity index (χ0v) is 27.8. The van der Waals surface area contributed by atoms with Gasteiger partial charge in [-0.25, -0.2) is 9.37 Å². The predicted octanol–water partition coefficient (Wildman–Crippen LogP) is 2.92. The van der Waals surface area contributed by atoms with Crippen molar-refractivity contribution in [3.8, 4) is 11.5 Å². The lowest BCUT2D eigenvalue weighted by molar-refractivity contribution is -0.138. The molecule has 2 aliphatic heterocycles. The molecule has 1 fully saturated rings. The summed E-state index contributed by atoms with van der Waals surface area (Å²) in [5, 5.41) is 7.45. The fourth-order valence-corrected chi connectivity index (χ4v) is 6.64. The van der Waals surface area contributed by atoms with E-state index in [4.69, 9.17) is 9.47 Å². The minimum absolute atomic E-state index is 0.0237. The van der Waals surface area contributed by atoms with Crippen molar-refractivity contribution in [1.82, 2.24) is 30.0 Å². The van der Waals surface area contributed by atoms with Gasteiger partial charge in [0.2, 0.25) is 11.8 Å². The third-order valence-electron chi connectivity index (χ3n) is 8.30. The van der Waals surface area contributed by atoms with Gasteiger partial charge in [0, 0.05) is 43.9 Å². The SMILES string of the molecule is CCCNC(=O)c1cc2cc(c1)C(=O)N(C)CC(=O)N[C@@H]1CN(C(=O)Cn3cnc4ccsc4c3=O)CC[C@@H]1OCc1cc(F)cc(c1)O2. The van der Waals surface area contributed by atoms with Crippen LogP contribution in [0.25, 0.3) is 10.2 Å². The number of thiophene rings is 1. The van der Waals surface area contributed by atoms with Crippen LogP contribution in [0, 0.1) is 5.82 Å². The van der Waals surface area contributed by atoms with Gasteiger partial charge < -0.3 is 29.9 Å². The summed E-state index contributed by atoms with van der Waals surface area (Å²) in [7, 11) is 1.45. The molecule has 2 aliphatic rings. The maximum Gasteiger partial charge on any atom is 0.271 e. The number of amides is 4. The van der Waals surface area contributed by atoms with Crippen LogP contribution in [0.15, 0.2) is 59.0 Å². The number of nitrogens with zero attached hydrogens (tertiary/aromatic N) is 4. The number of hydrogen-bond donors (Lipinski definition) is 2. The number of halogens is 1. The molecule has 1 saturated heterocycles. The van der Waals surface area contributed by atoms with E-state index in [1.165, 1.54) is 64.5 Å². The second kappa shape index (κ2) is 14.5. The number of hydrogen-bond acceptors (Lipinski definition) is 9. The van der Waals surface area contributed by atoms with Gasteiger partial charge in [-0.2, -0.15) is 0 Å². The highest BCUT2D eigenvalue weighted by Gasteiger charge is 2.34. The molecule has 0 aliphatic carbocycles. The number of carbonyl (C=O) groups excluding carboxylic acids is 4. The Balaban J connectivity index is 1.26. The average Bonchev–Trinajstić information content (AvgIpc) is 3.56. The van der Waals surface area contributed by atoms with Crippen LogP contribution >= 0.6 is 11.3 Å². The number of nitrogens with one attached hydrogen (secondary N) is 2. The molecule has 15 heteroatoms. The molecular weight excluding hydrogens is 655 g/mol. The monoisotopic (exact) mass is 690 g/mol.